The fourth-order valence-electron chi connectivity index (χ4n) is 3.79. The van der Waals surface area contributed by atoms with Crippen LogP contribution < -0.4 is 4.74 Å². The summed E-state index contributed by atoms with van der Waals surface area (Å²) in [6, 6.07) is 6.52. The number of likely N-dealkylation sites (tertiary alicyclic amines) is 1. The van der Waals surface area contributed by atoms with E-state index in [0.29, 0.717) is 45.1 Å². The Hall–Kier alpha value is -1.64. The third-order valence-electron chi connectivity index (χ3n) is 5.42. The third kappa shape index (κ3) is 5.24. The Balaban J connectivity index is 1.54. The molecule has 2 aliphatic rings. The van der Waals surface area contributed by atoms with Crippen LogP contribution in [0.1, 0.15) is 32.6 Å². The first-order valence-electron chi connectivity index (χ1n) is 10.2. The topological polar surface area (TPSA) is 70.2 Å². The highest BCUT2D eigenvalue weighted by molar-refractivity contribution is 7.89. The maximum absolute atomic E-state index is 12.9. The monoisotopic (exact) mass is 409 g/mol. The molecular weight excluding hydrogens is 378 g/mol. The van der Waals surface area contributed by atoms with Crippen LogP contribution in [0.15, 0.2) is 29.2 Å². The Morgan fingerprint density at radius 1 is 0.929 bits per heavy atom. The summed E-state index contributed by atoms with van der Waals surface area (Å²) in [6.45, 7) is 6.41. The van der Waals surface area contributed by atoms with Crippen molar-refractivity contribution < 1.29 is 17.9 Å². The van der Waals surface area contributed by atoms with Gasteiger partial charge in [0.05, 0.1) is 18.0 Å². The molecule has 0 atom stereocenters. The van der Waals surface area contributed by atoms with E-state index in [9.17, 15) is 13.2 Å². The zero-order valence-electron chi connectivity index (χ0n) is 16.7. The van der Waals surface area contributed by atoms with Gasteiger partial charge in [0.25, 0.3) is 0 Å². The van der Waals surface area contributed by atoms with Crippen molar-refractivity contribution in [3.8, 4) is 5.75 Å². The smallest absolute Gasteiger partial charge is 0.243 e. The van der Waals surface area contributed by atoms with Crippen molar-refractivity contribution in [2.24, 2.45) is 0 Å². The number of amides is 1. The highest BCUT2D eigenvalue weighted by Crippen LogP contribution is 2.21. The predicted molar refractivity (Wildman–Crippen MR) is 108 cm³/mol. The maximum atomic E-state index is 12.9. The molecule has 1 aromatic rings. The van der Waals surface area contributed by atoms with Crippen molar-refractivity contribution in [2.45, 2.75) is 37.5 Å². The highest BCUT2D eigenvalue weighted by Gasteiger charge is 2.30. The summed E-state index contributed by atoms with van der Waals surface area (Å²) >= 11 is 0. The van der Waals surface area contributed by atoms with Crippen molar-refractivity contribution in [3.05, 3.63) is 24.3 Å². The van der Waals surface area contributed by atoms with Gasteiger partial charge in [-0.25, -0.2) is 8.42 Å². The number of benzene rings is 1. The molecule has 3 rings (SSSR count). The van der Waals surface area contributed by atoms with Crippen LogP contribution in [0.4, 0.5) is 0 Å². The summed E-state index contributed by atoms with van der Waals surface area (Å²) in [5, 5.41) is 0. The highest BCUT2D eigenvalue weighted by atomic mass is 32.2. The number of hydrogen-bond acceptors (Lipinski definition) is 5. The first-order chi connectivity index (χ1) is 13.5. The molecule has 28 heavy (non-hydrogen) atoms. The molecule has 7 nitrogen and oxygen atoms in total. The number of carbonyl (C=O) groups is 1. The quantitative estimate of drug-likeness (QED) is 0.717. The lowest BCUT2D eigenvalue weighted by Crippen LogP contribution is -2.52. The molecule has 0 aromatic heterocycles. The summed E-state index contributed by atoms with van der Waals surface area (Å²) in [5.41, 5.74) is 0. The molecule has 1 aromatic carbocycles. The van der Waals surface area contributed by atoms with E-state index in [-0.39, 0.29) is 10.8 Å². The fourth-order valence-corrected chi connectivity index (χ4v) is 5.21. The zero-order chi connectivity index (χ0) is 20.0. The van der Waals surface area contributed by atoms with Crippen LogP contribution in [0, 0.1) is 0 Å². The first kappa shape index (κ1) is 21.1. The second-order valence-corrected chi connectivity index (χ2v) is 9.32. The van der Waals surface area contributed by atoms with Crippen LogP contribution in [0.2, 0.25) is 0 Å². The van der Waals surface area contributed by atoms with Gasteiger partial charge in [0.1, 0.15) is 5.75 Å². The number of sulfonamides is 1. The van der Waals surface area contributed by atoms with Gasteiger partial charge >= 0.3 is 0 Å². The minimum atomic E-state index is -3.55. The minimum Gasteiger partial charge on any atom is -0.494 e. The van der Waals surface area contributed by atoms with Gasteiger partial charge in [0, 0.05) is 26.2 Å². The van der Waals surface area contributed by atoms with Gasteiger partial charge in [-0.05, 0) is 57.1 Å². The van der Waals surface area contributed by atoms with Crippen LogP contribution >= 0.6 is 0 Å². The lowest BCUT2D eigenvalue weighted by Gasteiger charge is -2.35. The minimum absolute atomic E-state index is 0.111. The molecule has 2 heterocycles. The van der Waals surface area contributed by atoms with Crippen molar-refractivity contribution >= 4 is 15.9 Å². The Labute approximate surface area is 168 Å². The SMILES string of the molecule is CCOc1ccc(S(=O)(=O)N2CCN(C(=O)CN3CCCCCC3)CC2)cc1. The molecule has 0 unspecified atom stereocenters. The van der Waals surface area contributed by atoms with Crippen LogP contribution in [0.3, 0.4) is 0 Å². The number of nitrogens with zero attached hydrogens (tertiary/aromatic N) is 3. The molecule has 2 aliphatic heterocycles. The number of hydrogen-bond donors (Lipinski definition) is 0. The summed E-state index contributed by atoms with van der Waals surface area (Å²) < 4.78 is 32.6. The molecule has 0 spiro atoms. The number of piperazine rings is 1. The van der Waals surface area contributed by atoms with Crippen molar-refractivity contribution in [3.63, 3.8) is 0 Å². The average Bonchev–Trinajstić information content (AvgIpc) is 2.97. The van der Waals surface area contributed by atoms with Crippen LogP contribution in [0.25, 0.3) is 0 Å². The van der Waals surface area contributed by atoms with Gasteiger partial charge in [-0.1, -0.05) is 12.8 Å². The molecule has 2 fully saturated rings. The number of carbonyl (C=O) groups excluding carboxylic acids is 1. The van der Waals surface area contributed by atoms with Gasteiger partial charge < -0.3 is 9.64 Å². The summed E-state index contributed by atoms with van der Waals surface area (Å²) in [6.07, 6.45) is 4.79. The molecule has 8 heteroatoms. The number of rotatable bonds is 6. The molecule has 0 saturated carbocycles. The summed E-state index contributed by atoms with van der Waals surface area (Å²) in [4.78, 5) is 16.9. The van der Waals surface area contributed by atoms with Gasteiger partial charge in [-0.15, -0.1) is 0 Å². The van der Waals surface area contributed by atoms with Crippen molar-refractivity contribution in [1.82, 2.24) is 14.1 Å². The molecule has 0 N–H and O–H groups in total. The van der Waals surface area contributed by atoms with Gasteiger partial charge in [-0.2, -0.15) is 4.31 Å². The Kier molecular flexibility index (Phi) is 7.31. The molecule has 2 saturated heterocycles. The van der Waals surface area contributed by atoms with E-state index in [0.717, 1.165) is 25.9 Å². The second-order valence-electron chi connectivity index (χ2n) is 7.38. The fraction of sp³-hybridized carbons (Fsp3) is 0.650. The van der Waals surface area contributed by atoms with Gasteiger partial charge in [-0.3, -0.25) is 9.69 Å². The van der Waals surface area contributed by atoms with Crippen LogP contribution in [-0.4, -0.2) is 80.9 Å². The van der Waals surface area contributed by atoms with E-state index in [4.69, 9.17) is 4.74 Å². The maximum Gasteiger partial charge on any atom is 0.243 e. The van der Waals surface area contributed by atoms with E-state index >= 15 is 0 Å². The van der Waals surface area contributed by atoms with Crippen molar-refractivity contribution in [2.75, 3.05) is 52.4 Å². The van der Waals surface area contributed by atoms with Gasteiger partial charge in [0.2, 0.25) is 15.9 Å². The number of ether oxygens (including phenoxy) is 1. The van der Waals surface area contributed by atoms with Crippen LogP contribution in [-0.2, 0) is 14.8 Å². The van der Waals surface area contributed by atoms with Crippen molar-refractivity contribution in [1.29, 1.82) is 0 Å². The van der Waals surface area contributed by atoms with E-state index in [2.05, 4.69) is 4.90 Å². The van der Waals surface area contributed by atoms with E-state index in [1.54, 1.807) is 29.2 Å². The molecule has 156 valence electrons. The first-order valence-corrected chi connectivity index (χ1v) is 11.7. The largest absolute Gasteiger partial charge is 0.494 e. The van der Waals surface area contributed by atoms with E-state index in [1.165, 1.54) is 17.1 Å². The molecule has 1 amide bonds. The van der Waals surface area contributed by atoms with Gasteiger partial charge in [0.15, 0.2) is 0 Å². The lowest BCUT2D eigenvalue weighted by atomic mass is 10.2. The molecule has 0 radical (unpaired) electrons. The normalized spacial score (nSPS) is 20.0. The summed E-state index contributed by atoms with van der Waals surface area (Å²) in [7, 11) is -3.55. The molecule has 0 bridgehead atoms. The van der Waals surface area contributed by atoms with Crippen LogP contribution in [0.5, 0.6) is 5.75 Å². The molecular formula is C20H31N3O4S. The third-order valence-corrected chi connectivity index (χ3v) is 7.33. The Morgan fingerprint density at radius 2 is 1.54 bits per heavy atom. The lowest BCUT2D eigenvalue weighted by molar-refractivity contribution is -0.133. The standard InChI is InChI=1S/C20H31N3O4S/c1-2-27-18-7-9-19(10-8-18)28(25,26)23-15-13-22(14-16-23)20(24)17-21-11-5-3-4-6-12-21/h7-10H,2-6,11-17H2,1H3. The van der Waals surface area contributed by atoms with E-state index in [1.807, 2.05) is 6.92 Å². The Bertz CT molecular complexity index is 735. The predicted octanol–water partition coefficient (Wildman–Crippen LogP) is 1.79. The van der Waals surface area contributed by atoms with E-state index < -0.39 is 10.0 Å². The zero-order valence-corrected chi connectivity index (χ0v) is 17.5. The average molecular weight is 410 g/mol. The summed E-state index contributed by atoms with van der Waals surface area (Å²) in [5.74, 6) is 0.769. The second kappa shape index (κ2) is 9.71. The Morgan fingerprint density at radius 3 is 2.11 bits per heavy atom. The molecule has 0 aliphatic carbocycles.